The van der Waals surface area contributed by atoms with Crippen molar-refractivity contribution in [1.29, 1.82) is 0 Å². The zero-order valence-corrected chi connectivity index (χ0v) is 19.2. The molecule has 1 aromatic heterocycles. The van der Waals surface area contributed by atoms with Gasteiger partial charge in [0.2, 0.25) is 10.0 Å². The van der Waals surface area contributed by atoms with Crippen LogP contribution in [0.1, 0.15) is 28.5 Å². The highest BCUT2D eigenvalue weighted by Crippen LogP contribution is 2.36. The molecular formula is C25H23NO4S2. The number of fused-ring (bicyclic) bond motifs is 2. The average Bonchev–Trinajstić information content (AvgIpc) is 3.08. The third-order valence-corrected chi connectivity index (χ3v) is 8.13. The molecule has 5 rings (SSSR count). The van der Waals surface area contributed by atoms with E-state index in [0.717, 1.165) is 32.5 Å². The number of benzene rings is 3. The molecule has 0 amide bonds. The van der Waals surface area contributed by atoms with Gasteiger partial charge in [-0.2, -0.15) is 4.72 Å². The summed E-state index contributed by atoms with van der Waals surface area (Å²) in [5.74, 6) is 1.03. The van der Waals surface area contributed by atoms with Gasteiger partial charge in [0, 0.05) is 22.1 Å². The lowest BCUT2D eigenvalue weighted by molar-refractivity contribution is 0.297. The second kappa shape index (κ2) is 8.58. The summed E-state index contributed by atoms with van der Waals surface area (Å²) in [6.45, 7) is 3.05. The zero-order chi connectivity index (χ0) is 22.1. The Bertz CT molecular complexity index is 1340. The van der Waals surface area contributed by atoms with Crippen LogP contribution in [-0.2, 0) is 10.0 Å². The van der Waals surface area contributed by atoms with Crippen LogP contribution in [0.5, 0.6) is 11.5 Å². The maximum Gasteiger partial charge on any atom is 0.241 e. The molecule has 1 aliphatic heterocycles. The topological polar surface area (TPSA) is 64.6 Å². The SMILES string of the molecule is Cc1ccccc1[C@@H](NS(=O)(=O)c1ccc2c(c1)OCCCO2)c1cc2ccccc2s1. The highest BCUT2D eigenvalue weighted by molar-refractivity contribution is 7.89. The number of nitrogens with one attached hydrogen (secondary N) is 1. The minimum atomic E-state index is -3.83. The highest BCUT2D eigenvalue weighted by atomic mass is 32.2. The predicted octanol–water partition coefficient (Wildman–Crippen LogP) is 5.44. The fourth-order valence-corrected chi connectivity index (χ4v) is 6.28. The van der Waals surface area contributed by atoms with Gasteiger partial charge in [-0.3, -0.25) is 0 Å². The van der Waals surface area contributed by atoms with Crippen LogP contribution in [0.2, 0.25) is 0 Å². The molecule has 0 saturated carbocycles. The van der Waals surface area contributed by atoms with E-state index in [-0.39, 0.29) is 4.90 Å². The summed E-state index contributed by atoms with van der Waals surface area (Å²) < 4.78 is 42.4. The zero-order valence-electron chi connectivity index (χ0n) is 17.6. The third-order valence-electron chi connectivity index (χ3n) is 5.53. The molecule has 32 heavy (non-hydrogen) atoms. The average molecular weight is 466 g/mol. The van der Waals surface area contributed by atoms with Crippen molar-refractivity contribution in [3.8, 4) is 11.5 Å². The molecule has 1 N–H and O–H groups in total. The second-order valence-corrected chi connectivity index (χ2v) is 10.6. The van der Waals surface area contributed by atoms with Gasteiger partial charge in [0.1, 0.15) is 0 Å². The fraction of sp³-hybridized carbons (Fsp3) is 0.200. The number of sulfonamides is 1. The molecule has 0 unspecified atom stereocenters. The molecule has 0 saturated heterocycles. The lowest BCUT2D eigenvalue weighted by Crippen LogP contribution is -2.29. The van der Waals surface area contributed by atoms with Gasteiger partial charge in [0.05, 0.1) is 24.2 Å². The van der Waals surface area contributed by atoms with Crippen LogP contribution < -0.4 is 14.2 Å². The first-order valence-corrected chi connectivity index (χ1v) is 12.8. The molecule has 3 aromatic carbocycles. The van der Waals surface area contributed by atoms with Crippen LogP contribution >= 0.6 is 11.3 Å². The summed E-state index contributed by atoms with van der Waals surface area (Å²) in [5, 5.41) is 1.10. The summed E-state index contributed by atoms with van der Waals surface area (Å²) in [6.07, 6.45) is 0.760. The molecular weight excluding hydrogens is 442 g/mol. The minimum Gasteiger partial charge on any atom is -0.490 e. The number of hydrogen-bond acceptors (Lipinski definition) is 5. The highest BCUT2D eigenvalue weighted by Gasteiger charge is 2.27. The van der Waals surface area contributed by atoms with E-state index in [1.807, 2.05) is 49.4 Å². The van der Waals surface area contributed by atoms with Crippen LogP contribution in [0, 0.1) is 6.92 Å². The van der Waals surface area contributed by atoms with Gasteiger partial charge < -0.3 is 9.47 Å². The van der Waals surface area contributed by atoms with Gasteiger partial charge in [-0.15, -0.1) is 11.3 Å². The summed E-state index contributed by atoms with van der Waals surface area (Å²) in [4.78, 5) is 1.10. The molecule has 4 aromatic rings. The molecule has 5 nitrogen and oxygen atoms in total. The van der Waals surface area contributed by atoms with E-state index >= 15 is 0 Å². The van der Waals surface area contributed by atoms with Gasteiger partial charge in [-0.1, -0.05) is 42.5 Å². The fourth-order valence-electron chi connectivity index (χ4n) is 3.86. The van der Waals surface area contributed by atoms with Crippen molar-refractivity contribution < 1.29 is 17.9 Å². The van der Waals surface area contributed by atoms with Crippen molar-refractivity contribution in [2.75, 3.05) is 13.2 Å². The van der Waals surface area contributed by atoms with Crippen LogP contribution in [0.25, 0.3) is 10.1 Å². The monoisotopic (exact) mass is 465 g/mol. The Kier molecular flexibility index (Phi) is 5.63. The van der Waals surface area contributed by atoms with Crippen LogP contribution in [0.15, 0.2) is 77.7 Å². The first-order chi connectivity index (χ1) is 15.5. The molecule has 1 aliphatic rings. The van der Waals surface area contributed by atoms with Gasteiger partial charge in [0.25, 0.3) is 0 Å². The quantitative estimate of drug-likeness (QED) is 0.426. The standard InChI is InChI=1S/C25H23NO4S2/c1-17-7-2-4-9-20(17)25(24-15-18-8-3-5-10-23(18)31-24)26-32(27,28)19-11-12-21-22(16-19)30-14-6-13-29-21/h2-5,7-12,15-16,25-26H,6,13-14H2,1H3/t25-/m1/s1. The number of rotatable bonds is 5. The Labute approximate surface area is 191 Å². The number of hydrogen-bond donors (Lipinski definition) is 1. The van der Waals surface area contributed by atoms with Crippen molar-refractivity contribution in [1.82, 2.24) is 4.72 Å². The van der Waals surface area contributed by atoms with Gasteiger partial charge >= 0.3 is 0 Å². The smallest absolute Gasteiger partial charge is 0.241 e. The van der Waals surface area contributed by atoms with E-state index in [9.17, 15) is 8.42 Å². The Morgan fingerprint density at radius 1 is 0.906 bits per heavy atom. The molecule has 0 spiro atoms. The molecule has 0 fully saturated rings. The predicted molar refractivity (Wildman–Crippen MR) is 127 cm³/mol. The van der Waals surface area contributed by atoms with E-state index in [1.54, 1.807) is 29.5 Å². The van der Waals surface area contributed by atoms with Crippen LogP contribution in [0.3, 0.4) is 0 Å². The van der Waals surface area contributed by atoms with Gasteiger partial charge in [0.15, 0.2) is 11.5 Å². The van der Waals surface area contributed by atoms with E-state index < -0.39 is 16.1 Å². The Hall–Kier alpha value is -2.87. The first-order valence-electron chi connectivity index (χ1n) is 10.5. The maximum atomic E-state index is 13.5. The minimum absolute atomic E-state index is 0.154. The summed E-state index contributed by atoms with van der Waals surface area (Å²) in [6, 6.07) is 22.3. The van der Waals surface area contributed by atoms with Gasteiger partial charge in [-0.25, -0.2) is 8.42 Å². The molecule has 2 heterocycles. The van der Waals surface area contributed by atoms with E-state index in [2.05, 4.69) is 16.9 Å². The Morgan fingerprint density at radius 2 is 1.66 bits per heavy atom. The van der Waals surface area contributed by atoms with Crippen molar-refractivity contribution in [3.05, 3.63) is 88.8 Å². The number of thiophene rings is 1. The summed E-state index contributed by atoms with van der Waals surface area (Å²) in [7, 11) is -3.83. The number of ether oxygens (including phenoxy) is 2. The molecule has 7 heteroatoms. The maximum absolute atomic E-state index is 13.5. The van der Waals surface area contributed by atoms with E-state index in [0.29, 0.717) is 24.7 Å². The summed E-state index contributed by atoms with van der Waals surface area (Å²) >= 11 is 1.60. The number of aryl methyl sites for hydroxylation is 1. The molecule has 0 bridgehead atoms. The van der Waals surface area contributed by atoms with E-state index in [4.69, 9.17) is 9.47 Å². The molecule has 164 valence electrons. The molecule has 1 atom stereocenters. The third kappa shape index (κ3) is 4.11. The van der Waals surface area contributed by atoms with Crippen molar-refractivity contribution in [2.45, 2.75) is 24.3 Å². The van der Waals surface area contributed by atoms with Crippen molar-refractivity contribution in [3.63, 3.8) is 0 Å². The molecule has 0 aliphatic carbocycles. The van der Waals surface area contributed by atoms with Crippen molar-refractivity contribution in [2.24, 2.45) is 0 Å². The Balaban J connectivity index is 1.56. The largest absolute Gasteiger partial charge is 0.490 e. The second-order valence-electron chi connectivity index (χ2n) is 7.76. The lowest BCUT2D eigenvalue weighted by atomic mass is 10.0. The summed E-state index contributed by atoms with van der Waals surface area (Å²) in [5.41, 5.74) is 1.95. The lowest BCUT2D eigenvalue weighted by Gasteiger charge is -2.20. The Morgan fingerprint density at radius 3 is 2.47 bits per heavy atom. The first kappa shape index (κ1) is 21.0. The van der Waals surface area contributed by atoms with E-state index in [1.165, 1.54) is 0 Å². The normalized spacial score (nSPS) is 14.8. The van der Waals surface area contributed by atoms with Crippen LogP contribution in [0.4, 0.5) is 0 Å². The van der Waals surface area contributed by atoms with Gasteiger partial charge in [-0.05, 0) is 47.7 Å². The van der Waals surface area contributed by atoms with Crippen LogP contribution in [-0.4, -0.2) is 21.6 Å². The molecule has 0 radical (unpaired) electrons. The van der Waals surface area contributed by atoms with Crippen molar-refractivity contribution >= 4 is 31.4 Å².